The Labute approximate surface area is 197 Å². The van der Waals surface area contributed by atoms with Gasteiger partial charge in [-0.05, 0) is 69.4 Å². The molecular weight excluding hydrogens is 439 g/mol. The number of rotatable bonds is 6. The van der Waals surface area contributed by atoms with Crippen LogP contribution in [-0.2, 0) is 9.59 Å². The van der Waals surface area contributed by atoms with Gasteiger partial charge in [0.1, 0.15) is 11.9 Å². The van der Waals surface area contributed by atoms with E-state index in [1.54, 1.807) is 24.8 Å². The van der Waals surface area contributed by atoms with Crippen molar-refractivity contribution >= 4 is 35.1 Å². The van der Waals surface area contributed by atoms with Crippen LogP contribution in [0.25, 0.3) is 11.6 Å². The highest BCUT2D eigenvalue weighted by Crippen LogP contribution is 2.34. The molecule has 0 aliphatic carbocycles. The first kappa shape index (κ1) is 23.7. The fourth-order valence-corrected chi connectivity index (χ4v) is 4.57. The lowest BCUT2D eigenvalue weighted by atomic mass is 10.0. The largest absolute Gasteiger partial charge is 0.383 e. The molecule has 180 valence electrons. The highest BCUT2D eigenvalue weighted by molar-refractivity contribution is 6.34. The van der Waals surface area contributed by atoms with Crippen molar-refractivity contribution in [1.82, 2.24) is 15.2 Å². The first-order chi connectivity index (χ1) is 16.3. The van der Waals surface area contributed by atoms with E-state index in [0.29, 0.717) is 52.4 Å². The monoisotopic (exact) mass is 468 g/mol. The van der Waals surface area contributed by atoms with Crippen LogP contribution in [0.3, 0.4) is 0 Å². The molecule has 34 heavy (non-hydrogen) atoms. The summed E-state index contributed by atoms with van der Waals surface area (Å²) in [7, 11) is 0. The summed E-state index contributed by atoms with van der Waals surface area (Å²) in [5.41, 5.74) is 3.58. The van der Waals surface area contributed by atoms with Gasteiger partial charge in [0.2, 0.25) is 0 Å². The summed E-state index contributed by atoms with van der Waals surface area (Å²) in [6, 6.07) is 4.10. The molecule has 0 unspecified atom stereocenters. The quantitative estimate of drug-likeness (QED) is 0.488. The number of piperidine rings is 1. The number of carbonyl (C=O) groups excluding carboxylic acids is 3. The Hall–Kier alpha value is -3.46. The van der Waals surface area contributed by atoms with Crippen molar-refractivity contribution in [2.45, 2.75) is 45.6 Å². The highest BCUT2D eigenvalue weighted by atomic mass is 19.1. The SMILES string of the molecule is Cc1[nH]c(/C=C2\C(=O)Nc3ccc(F)cc32)c(C)c1C(=O)NCC[C@H](O)C(=O)N1CCCCC1. The number of nitrogens with zero attached hydrogens (tertiary/aromatic N) is 1. The predicted molar refractivity (Wildman–Crippen MR) is 127 cm³/mol. The van der Waals surface area contributed by atoms with E-state index in [1.165, 1.54) is 18.2 Å². The Morgan fingerprint density at radius 3 is 2.71 bits per heavy atom. The molecule has 1 fully saturated rings. The van der Waals surface area contributed by atoms with Gasteiger partial charge in [-0.1, -0.05) is 0 Å². The van der Waals surface area contributed by atoms with Crippen molar-refractivity contribution in [3.8, 4) is 0 Å². The summed E-state index contributed by atoms with van der Waals surface area (Å²) in [5, 5.41) is 15.7. The average molecular weight is 469 g/mol. The van der Waals surface area contributed by atoms with E-state index in [9.17, 15) is 23.9 Å². The average Bonchev–Trinajstić information content (AvgIpc) is 3.28. The molecule has 3 heterocycles. The third-order valence-corrected chi connectivity index (χ3v) is 6.41. The molecule has 3 amide bonds. The third-order valence-electron chi connectivity index (χ3n) is 6.41. The van der Waals surface area contributed by atoms with E-state index in [-0.39, 0.29) is 30.7 Å². The normalized spacial score (nSPS) is 17.5. The van der Waals surface area contributed by atoms with E-state index < -0.39 is 11.9 Å². The van der Waals surface area contributed by atoms with Crippen LogP contribution in [0.2, 0.25) is 0 Å². The van der Waals surface area contributed by atoms with E-state index in [2.05, 4.69) is 15.6 Å². The predicted octanol–water partition coefficient (Wildman–Crippen LogP) is 2.76. The van der Waals surface area contributed by atoms with E-state index in [4.69, 9.17) is 0 Å². The number of hydrogen-bond acceptors (Lipinski definition) is 4. The molecule has 0 saturated carbocycles. The zero-order valence-corrected chi connectivity index (χ0v) is 19.3. The van der Waals surface area contributed by atoms with Gasteiger partial charge in [-0.2, -0.15) is 0 Å². The zero-order chi connectivity index (χ0) is 24.4. The van der Waals surface area contributed by atoms with Crippen LogP contribution >= 0.6 is 0 Å². The second kappa shape index (κ2) is 9.80. The Kier molecular flexibility index (Phi) is 6.83. The first-order valence-corrected chi connectivity index (χ1v) is 11.5. The Morgan fingerprint density at radius 1 is 1.24 bits per heavy atom. The molecule has 8 nitrogen and oxygen atoms in total. The minimum atomic E-state index is -1.14. The maximum atomic E-state index is 13.7. The van der Waals surface area contributed by atoms with Crippen LogP contribution in [0.1, 0.15) is 58.6 Å². The number of halogens is 1. The van der Waals surface area contributed by atoms with Gasteiger partial charge in [0, 0.05) is 42.3 Å². The van der Waals surface area contributed by atoms with Crippen LogP contribution in [0.15, 0.2) is 18.2 Å². The fraction of sp³-hybridized carbons (Fsp3) is 0.400. The first-order valence-electron chi connectivity index (χ1n) is 11.5. The minimum Gasteiger partial charge on any atom is -0.383 e. The maximum Gasteiger partial charge on any atom is 0.256 e. The van der Waals surface area contributed by atoms with Gasteiger partial charge in [-0.25, -0.2) is 4.39 Å². The number of anilines is 1. The Morgan fingerprint density at radius 2 is 1.97 bits per heavy atom. The molecule has 1 aromatic carbocycles. The lowest BCUT2D eigenvalue weighted by molar-refractivity contribution is -0.141. The smallest absolute Gasteiger partial charge is 0.256 e. The van der Waals surface area contributed by atoms with Gasteiger partial charge < -0.3 is 25.6 Å². The number of nitrogens with one attached hydrogen (secondary N) is 3. The number of fused-ring (bicyclic) bond motifs is 1. The van der Waals surface area contributed by atoms with Crippen LogP contribution in [0.4, 0.5) is 10.1 Å². The van der Waals surface area contributed by atoms with Gasteiger partial charge in [-0.3, -0.25) is 14.4 Å². The molecule has 0 spiro atoms. The number of likely N-dealkylation sites (tertiary alicyclic amines) is 1. The molecule has 1 aromatic heterocycles. The molecule has 1 atom stereocenters. The lowest BCUT2D eigenvalue weighted by Gasteiger charge is -2.28. The van der Waals surface area contributed by atoms with Crippen molar-refractivity contribution < 1.29 is 23.9 Å². The van der Waals surface area contributed by atoms with Gasteiger partial charge in [0.15, 0.2) is 0 Å². The summed E-state index contributed by atoms with van der Waals surface area (Å²) in [4.78, 5) is 42.4. The molecule has 9 heteroatoms. The molecule has 0 radical (unpaired) electrons. The number of H-pyrrole nitrogens is 1. The van der Waals surface area contributed by atoms with Crippen LogP contribution < -0.4 is 10.6 Å². The number of aryl methyl sites for hydroxylation is 1. The summed E-state index contributed by atoms with van der Waals surface area (Å²) in [5.74, 6) is -1.41. The minimum absolute atomic E-state index is 0.128. The number of hydrogen-bond donors (Lipinski definition) is 4. The second-order valence-electron chi connectivity index (χ2n) is 8.81. The number of aliphatic hydroxyl groups excluding tert-OH is 1. The van der Waals surface area contributed by atoms with Crippen molar-refractivity contribution in [1.29, 1.82) is 0 Å². The Bertz CT molecular complexity index is 1160. The van der Waals surface area contributed by atoms with Crippen LogP contribution in [0.5, 0.6) is 0 Å². The second-order valence-corrected chi connectivity index (χ2v) is 8.81. The zero-order valence-electron chi connectivity index (χ0n) is 19.3. The Balaban J connectivity index is 1.43. The van der Waals surface area contributed by atoms with E-state index >= 15 is 0 Å². The van der Waals surface area contributed by atoms with Gasteiger partial charge in [-0.15, -0.1) is 0 Å². The topological polar surface area (TPSA) is 115 Å². The fourth-order valence-electron chi connectivity index (χ4n) is 4.57. The lowest BCUT2D eigenvalue weighted by Crippen LogP contribution is -2.43. The molecule has 4 N–H and O–H groups in total. The molecule has 1 saturated heterocycles. The molecule has 4 rings (SSSR count). The molecular formula is C25H29FN4O4. The number of amides is 3. The molecule has 2 aliphatic heterocycles. The summed E-state index contributed by atoms with van der Waals surface area (Å²) in [6.07, 6.45) is 3.58. The van der Waals surface area contributed by atoms with Crippen molar-refractivity contribution in [3.05, 3.63) is 52.1 Å². The number of carbonyl (C=O) groups is 3. The summed E-state index contributed by atoms with van der Waals surface area (Å²) >= 11 is 0. The van der Waals surface area contributed by atoms with Crippen molar-refractivity contribution in [2.75, 3.05) is 25.0 Å². The molecule has 2 aromatic rings. The number of aromatic nitrogens is 1. The van der Waals surface area contributed by atoms with E-state index in [0.717, 1.165) is 19.3 Å². The van der Waals surface area contributed by atoms with Crippen molar-refractivity contribution in [3.63, 3.8) is 0 Å². The van der Waals surface area contributed by atoms with Gasteiger partial charge >= 0.3 is 0 Å². The van der Waals surface area contributed by atoms with Gasteiger partial charge in [0.25, 0.3) is 17.7 Å². The van der Waals surface area contributed by atoms with Gasteiger partial charge in [0.05, 0.1) is 11.1 Å². The van der Waals surface area contributed by atoms with Crippen molar-refractivity contribution in [2.24, 2.45) is 0 Å². The number of aromatic amines is 1. The van der Waals surface area contributed by atoms with E-state index in [1.807, 2.05) is 0 Å². The standard InChI is InChI=1S/C25H29FN4O4/c1-14-20(13-18-17-12-16(26)6-7-19(17)29-23(18)32)28-15(2)22(14)24(33)27-9-8-21(31)25(34)30-10-4-3-5-11-30/h6-7,12-13,21,28,31H,3-5,8-11H2,1-2H3,(H,27,33)(H,29,32)/b18-13-/t21-/m0/s1. The molecule has 2 aliphatic rings. The number of benzene rings is 1. The molecule has 0 bridgehead atoms. The van der Waals surface area contributed by atoms with Crippen LogP contribution in [0, 0.1) is 19.7 Å². The maximum absolute atomic E-state index is 13.7. The van der Waals surface area contributed by atoms with Crippen LogP contribution in [-0.4, -0.2) is 58.5 Å². The number of aliphatic hydroxyl groups is 1. The highest BCUT2D eigenvalue weighted by Gasteiger charge is 2.27. The summed E-state index contributed by atoms with van der Waals surface area (Å²) < 4.78 is 13.7. The third kappa shape index (κ3) is 4.75. The summed E-state index contributed by atoms with van der Waals surface area (Å²) in [6.45, 7) is 4.99.